The molecule has 0 spiro atoms. The molecule has 0 heteroatoms. The summed E-state index contributed by atoms with van der Waals surface area (Å²) in [5.41, 5.74) is 1.53. The van der Waals surface area contributed by atoms with E-state index in [9.17, 15) is 0 Å². The predicted molar refractivity (Wildman–Crippen MR) is 101 cm³/mol. The van der Waals surface area contributed by atoms with E-state index < -0.39 is 0 Å². The number of fused-ring (bicyclic) bond motifs is 2. The highest BCUT2D eigenvalue weighted by Gasteiger charge is 2.18. The van der Waals surface area contributed by atoms with Gasteiger partial charge in [-0.1, -0.05) is 75.1 Å². The molecule has 0 radical (unpaired) electrons. The van der Waals surface area contributed by atoms with Crippen molar-refractivity contribution < 1.29 is 0 Å². The third-order valence-electron chi connectivity index (χ3n) is 5.79. The fourth-order valence-electron chi connectivity index (χ4n) is 4.23. The molecular formula is C23H26. The Morgan fingerprint density at radius 3 is 2.26 bits per heavy atom. The van der Waals surface area contributed by atoms with Crippen molar-refractivity contribution in [3.05, 3.63) is 60.2 Å². The Hall–Kier alpha value is -1.82. The van der Waals surface area contributed by atoms with Gasteiger partial charge in [0, 0.05) is 0 Å². The zero-order valence-electron chi connectivity index (χ0n) is 14.1. The molecule has 23 heavy (non-hydrogen) atoms. The van der Waals surface area contributed by atoms with Crippen molar-refractivity contribution in [2.45, 2.75) is 45.4 Å². The topological polar surface area (TPSA) is 0 Å². The molecule has 0 unspecified atom stereocenters. The first-order valence-electron chi connectivity index (χ1n) is 9.20. The third kappa shape index (κ3) is 3.13. The van der Waals surface area contributed by atoms with Crippen molar-refractivity contribution in [2.24, 2.45) is 11.8 Å². The molecule has 0 aliphatic heterocycles. The second kappa shape index (κ2) is 6.35. The van der Waals surface area contributed by atoms with E-state index in [1.165, 1.54) is 65.6 Å². The summed E-state index contributed by atoms with van der Waals surface area (Å²) in [6.45, 7) is 2.41. The monoisotopic (exact) mass is 302 g/mol. The van der Waals surface area contributed by atoms with Crippen molar-refractivity contribution in [3.8, 4) is 0 Å². The lowest BCUT2D eigenvalue weighted by atomic mass is 9.80. The van der Waals surface area contributed by atoms with E-state index in [1.54, 1.807) is 0 Å². The summed E-state index contributed by atoms with van der Waals surface area (Å²) in [7, 11) is 0. The van der Waals surface area contributed by atoms with Crippen LogP contribution in [-0.4, -0.2) is 0 Å². The van der Waals surface area contributed by atoms with Gasteiger partial charge in [0.25, 0.3) is 0 Å². The van der Waals surface area contributed by atoms with Crippen LogP contribution in [0.25, 0.3) is 21.5 Å². The van der Waals surface area contributed by atoms with Crippen molar-refractivity contribution in [1.82, 2.24) is 0 Å². The van der Waals surface area contributed by atoms with E-state index in [4.69, 9.17) is 0 Å². The lowest BCUT2D eigenvalue weighted by Gasteiger charge is -2.26. The van der Waals surface area contributed by atoms with Gasteiger partial charge in [-0.05, 0) is 63.9 Å². The zero-order chi connectivity index (χ0) is 15.6. The van der Waals surface area contributed by atoms with Gasteiger partial charge < -0.3 is 0 Å². The van der Waals surface area contributed by atoms with Crippen LogP contribution in [0.4, 0.5) is 0 Å². The van der Waals surface area contributed by atoms with Crippen molar-refractivity contribution in [3.63, 3.8) is 0 Å². The van der Waals surface area contributed by atoms with Gasteiger partial charge in [0.1, 0.15) is 0 Å². The summed E-state index contributed by atoms with van der Waals surface area (Å²) in [5, 5.41) is 5.55. The quantitative estimate of drug-likeness (QED) is 0.469. The molecule has 1 fully saturated rings. The van der Waals surface area contributed by atoms with Crippen molar-refractivity contribution >= 4 is 21.5 Å². The Balaban J connectivity index is 1.60. The molecule has 3 aromatic rings. The largest absolute Gasteiger partial charge is 0.0625 e. The lowest BCUT2D eigenvalue weighted by Crippen LogP contribution is -2.12. The maximum absolute atomic E-state index is 2.41. The van der Waals surface area contributed by atoms with Crippen LogP contribution in [0.3, 0.4) is 0 Å². The molecule has 0 heterocycles. The maximum Gasteiger partial charge on any atom is -0.0146 e. The van der Waals surface area contributed by atoms with Gasteiger partial charge in [-0.25, -0.2) is 0 Å². The van der Waals surface area contributed by atoms with Crippen LogP contribution in [0.5, 0.6) is 0 Å². The Labute approximate surface area is 139 Å². The highest BCUT2D eigenvalue weighted by molar-refractivity contribution is 5.99. The lowest BCUT2D eigenvalue weighted by molar-refractivity contribution is 0.278. The van der Waals surface area contributed by atoms with Gasteiger partial charge in [-0.15, -0.1) is 0 Å². The van der Waals surface area contributed by atoms with Crippen LogP contribution in [0.15, 0.2) is 54.6 Å². The second-order valence-corrected chi connectivity index (χ2v) is 7.50. The molecule has 0 saturated heterocycles. The Kier molecular flexibility index (Phi) is 4.08. The molecule has 1 aliphatic rings. The third-order valence-corrected chi connectivity index (χ3v) is 5.79. The minimum atomic E-state index is 0.946. The highest BCUT2D eigenvalue weighted by atomic mass is 14.2. The molecular weight excluding hydrogens is 276 g/mol. The molecule has 0 N–H and O–H groups in total. The van der Waals surface area contributed by atoms with E-state index in [1.807, 2.05) is 0 Å². The van der Waals surface area contributed by atoms with E-state index in [2.05, 4.69) is 61.5 Å². The molecule has 4 rings (SSSR count). The van der Waals surface area contributed by atoms with Crippen LogP contribution in [0.1, 0.15) is 44.6 Å². The second-order valence-electron chi connectivity index (χ2n) is 7.50. The summed E-state index contributed by atoms with van der Waals surface area (Å²) >= 11 is 0. The van der Waals surface area contributed by atoms with Gasteiger partial charge in [0.15, 0.2) is 0 Å². The molecule has 1 aliphatic carbocycles. The fraction of sp³-hybridized carbons (Fsp3) is 0.391. The molecule has 0 atom stereocenters. The minimum absolute atomic E-state index is 0.946. The molecule has 0 amide bonds. The van der Waals surface area contributed by atoms with Crippen molar-refractivity contribution in [1.29, 1.82) is 0 Å². The number of hydrogen-bond acceptors (Lipinski definition) is 0. The normalized spacial score (nSPS) is 21.8. The average Bonchev–Trinajstić information content (AvgIpc) is 2.59. The Morgan fingerprint density at radius 1 is 0.783 bits per heavy atom. The minimum Gasteiger partial charge on any atom is -0.0625 e. The molecule has 1 saturated carbocycles. The number of hydrogen-bond donors (Lipinski definition) is 0. The molecule has 0 nitrogen and oxygen atoms in total. The van der Waals surface area contributed by atoms with Crippen LogP contribution in [0, 0.1) is 11.8 Å². The van der Waals surface area contributed by atoms with E-state index >= 15 is 0 Å². The van der Waals surface area contributed by atoms with Gasteiger partial charge in [0.2, 0.25) is 0 Å². The molecule has 0 aromatic heterocycles. The fourth-order valence-corrected chi connectivity index (χ4v) is 4.23. The average molecular weight is 302 g/mol. The van der Waals surface area contributed by atoms with Crippen LogP contribution in [0.2, 0.25) is 0 Å². The van der Waals surface area contributed by atoms with E-state index in [-0.39, 0.29) is 0 Å². The number of benzene rings is 3. The molecule has 3 aromatic carbocycles. The summed E-state index contributed by atoms with van der Waals surface area (Å²) in [5.74, 6) is 1.90. The van der Waals surface area contributed by atoms with Crippen LogP contribution >= 0.6 is 0 Å². The predicted octanol–water partition coefficient (Wildman–Crippen LogP) is 6.75. The summed E-state index contributed by atoms with van der Waals surface area (Å²) < 4.78 is 0. The molecule has 0 bridgehead atoms. The van der Waals surface area contributed by atoms with Crippen molar-refractivity contribution in [2.75, 3.05) is 0 Å². The first-order valence-corrected chi connectivity index (χ1v) is 9.20. The molecule has 118 valence electrons. The first kappa shape index (κ1) is 14.8. The van der Waals surface area contributed by atoms with Gasteiger partial charge in [0.05, 0.1) is 0 Å². The zero-order valence-corrected chi connectivity index (χ0v) is 14.1. The number of rotatable bonds is 3. The van der Waals surface area contributed by atoms with Crippen LogP contribution in [-0.2, 0) is 6.42 Å². The van der Waals surface area contributed by atoms with E-state index in [0.717, 1.165) is 11.8 Å². The van der Waals surface area contributed by atoms with Gasteiger partial charge in [-0.3, -0.25) is 0 Å². The SMILES string of the molecule is CC1CCC(CCc2cccc3cc4ccccc4cc23)CC1. The van der Waals surface area contributed by atoms with Gasteiger partial charge in [-0.2, -0.15) is 0 Å². The number of aryl methyl sites for hydroxylation is 1. The summed E-state index contributed by atoms with van der Waals surface area (Å²) in [4.78, 5) is 0. The highest BCUT2D eigenvalue weighted by Crippen LogP contribution is 2.32. The first-order chi connectivity index (χ1) is 11.3. The summed E-state index contributed by atoms with van der Waals surface area (Å²) in [6, 6.07) is 20.3. The maximum atomic E-state index is 2.41. The Bertz CT molecular complexity index is 807. The standard InChI is InChI=1S/C23H26/c1-17-9-11-18(12-10-17)13-14-19-7-4-8-22-15-20-5-2-3-6-21(20)16-23(19)22/h2-8,15-18H,9-14H2,1H3. The Morgan fingerprint density at radius 2 is 1.48 bits per heavy atom. The smallest absolute Gasteiger partial charge is 0.0146 e. The summed E-state index contributed by atoms with van der Waals surface area (Å²) in [6.07, 6.45) is 8.34. The van der Waals surface area contributed by atoms with E-state index in [0.29, 0.717) is 0 Å². The van der Waals surface area contributed by atoms with Crippen LogP contribution < -0.4 is 0 Å². The van der Waals surface area contributed by atoms with Gasteiger partial charge >= 0.3 is 0 Å².